The summed E-state index contributed by atoms with van der Waals surface area (Å²) in [4.78, 5) is 41.5. The molecule has 4 N–H and O–H groups in total. The molecule has 66 heavy (non-hydrogen) atoms. The molecule has 4 aliphatic heterocycles. The molecule has 8 atom stereocenters. The van der Waals surface area contributed by atoms with Crippen molar-refractivity contribution in [2.75, 3.05) is 87.9 Å². The van der Waals surface area contributed by atoms with Gasteiger partial charge < -0.3 is 49.9 Å². The van der Waals surface area contributed by atoms with Gasteiger partial charge in [0.25, 0.3) is 0 Å². The number of aliphatic hydroxyl groups excluding tert-OH is 2. The largest absolute Gasteiger partial charge is 0.387 e. The molecule has 0 aliphatic carbocycles. The van der Waals surface area contributed by atoms with E-state index in [4.69, 9.17) is 39.4 Å². The van der Waals surface area contributed by atoms with Crippen LogP contribution in [0, 0.1) is 0 Å². The minimum atomic E-state index is -1.31. The number of aromatic nitrogens is 16. The van der Waals surface area contributed by atoms with Crippen molar-refractivity contribution < 1.29 is 19.7 Å². The first-order chi connectivity index (χ1) is 32.1. The molecule has 0 radical (unpaired) electrons. The number of aryl methyl sites for hydroxylation is 2. The van der Waals surface area contributed by atoms with Gasteiger partial charge in [0.1, 0.15) is 24.5 Å². The zero-order chi connectivity index (χ0) is 45.6. The van der Waals surface area contributed by atoms with E-state index in [2.05, 4.69) is 89.2 Å². The number of nitrogens with zero attached hydrogens (tertiary/aromatic N) is 20. The molecule has 6 aromatic rings. The van der Waals surface area contributed by atoms with Gasteiger partial charge in [0.05, 0.1) is 25.7 Å². The van der Waals surface area contributed by atoms with Crippen molar-refractivity contribution in [2.24, 2.45) is 0 Å². The van der Waals surface area contributed by atoms with Gasteiger partial charge >= 0.3 is 0 Å². The van der Waals surface area contributed by atoms with E-state index in [1.165, 1.54) is 4.80 Å². The fraction of sp³-hybridized carbons (Fsp3) is 0.700. The summed E-state index contributed by atoms with van der Waals surface area (Å²) in [5.41, 5.74) is 2.39. The van der Waals surface area contributed by atoms with Crippen LogP contribution in [0.1, 0.15) is 88.7 Å². The van der Waals surface area contributed by atoms with Gasteiger partial charge in [-0.2, -0.15) is 29.5 Å². The van der Waals surface area contributed by atoms with Crippen LogP contribution in [-0.4, -0.2) is 191 Å². The van der Waals surface area contributed by atoms with Crippen molar-refractivity contribution in [3.63, 3.8) is 0 Å². The highest BCUT2D eigenvalue weighted by Crippen LogP contribution is 2.40. The van der Waals surface area contributed by atoms with Crippen LogP contribution in [0.5, 0.6) is 0 Å². The van der Waals surface area contributed by atoms with Gasteiger partial charge in [0.15, 0.2) is 46.3 Å². The number of ether oxygens (including phenoxy) is 2. The van der Waals surface area contributed by atoms with Crippen LogP contribution in [0.4, 0.5) is 23.5 Å². The smallest absolute Gasteiger partial charge is 0.229 e. The van der Waals surface area contributed by atoms with Crippen LogP contribution in [0.2, 0.25) is 0 Å². The number of imidazole rings is 2. The lowest BCUT2D eigenvalue weighted by Gasteiger charge is -2.22. The lowest BCUT2D eigenvalue weighted by atomic mass is 10.1. The molecular formula is C40H60N22O4. The van der Waals surface area contributed by atoms with Crippen molar-refractivity contribution >= 4 is 45.9 Å². The van der Waals surface area contributed by atoms with Crippen LogP contribution >= 0.6 is 0 Å². The van der Waals surface area contributed by atoms with Gasteiger partial charge in [-0.15, -0.1) is 20.4 Å². The summed E-state index contributed by atoms with van der Waals surface area (Å²) in [6.45, 7) is 9.49. The average molecular weight is 913 g/mol. The molecule has 0 aromatic carbocycles. The van der Waals surface area contributed by atoms with Gasteiger partial charge in [-0.05, 0) is 91.0 Å². The van der Waals surface area contributed by atoms with Crippen LogP contribution in [0.25, 0.3) is 22.3 Å². The summed E-state index contributed by atoms with van der Waals surface area (Å²) in [6, 6.07) is 0.762. The zero-order valence-electron chi connectivity index (χ0n) is 38.3. The van der Waals surface area contributed by atoms with Crippen molar-refractivity contribution in [2.45, 2.75) is 114 Å². The minimum absolute atomic E-state index is 0.193. The second-order valence-corrected chi connectivity index (χ2v) is 17.9. The molecule has 26 heteroatoms. The van der Waals surface area contributed by atoms with Gasteiger partial charge in [-0.1, -0.05) is 0 Å². The SMILES string of the molecule is CCn1nnc([C@@H]2CC[C@H](n3cnc4c(NCCCCNc5nc(N6CC[C@@H](N(C)C)C6)nc6c5ncn6[C@@H]5O[C@H](c6nnn(CC)n6)[C@@H](O)[C@H]5O)nc(N5CC[C@@H](N(C)C)C5)nc43)O2)n1. The van der Waals surface area contributed by atoms with E-state index in [-0.39, 0.29) is 18.2 Å². The molecule has 0 spiro atoms. The molecule has 0 amide bonds. The summed E-state index contributed by atoms with van der Waals surface area (Å²) in [6.07, 6.45) is 3.35. The second kappa shape index (κ2) is 18.5. The predicted molar refractivity (Wildman–Crippen MR) is 239 cm³/mol. The monoisotopic (exact) mass is 913 g/mol. The number of fused-ring (bicyclic) bond motifs is 2. The van der Waals surface area contributed by atoms with Gasteiger partial charge in [0, 0.05) is 51.4 Å². The van der Waals surface area contributed by atoms with E-state index < -0.39 is 24.5 Å². The number of likely N-dealkylation sites (N-methyl/N-ethyl adjacent to an activating group) is 2. The second-order valence-electron chi connectivity index (χ2n) is 17.9. The molecule has 0 bridgehead atoms. The van der Waals surface area contributed by atoms with Crippen molar-refractivity contribution in [3.8, 4) is 0 Å². The molecule has 10 heterocycles. The topological polar surface area (TPSA) is 270 Å². The van der Waals surface area contributed by atoms with E-state index in [9.17, 15) is 10.2 Å². The average Bonchev–Trinajstić information content (AvgIpc) is 4.16. The molecule has 6 aromatic heterocycles. The number of anilines is 4. The van der Waals surface area contributed by atoms with Gasteiger partial charge in [-0.25, -0.2) is 9.97 Å². The van der Waals surface area contributed by atoms with Crippen LogP contribution in [0.3, 0.4) is 0 Å². The van der Waals surface area contributed by atoms with Crippen molar-refractivity contribution in [1.29, 1.82) is 0 Å². The Hall–Kier alpha value is -5.80. The quantitative estimate of drug-likeness (QED) is 0.0913. The third-order valence-corrected chi connectivity index (χ3v) is 13.2. The summed E-state index contributed by atoms with van der Waals surface area (Å²) in [5, 5.41) is 54.8. The highest BCUT2D eigenvalue weighted by atomic mass is 16.6. The Balaban J connectivity index is 0.846. The summed E-state index contributed by atoms with van der Waals surface area (Å²) in [7, 11) is 8.39. The van der Waals surface area contributed by atoms with E-state index >= 15 is 0 Å². The summed E-state index contributed by atoms with van der Waals surface area (Å²) >= 11 is 0. The number of rotatable bonds is 17. The lowest BCUT2D eigenvalue weighted by Crippen LogP contribution is -2.32. The molecule has 4 saturated heterocycles. The third kappa shape index (κ3) is 8.44. The first kappa shape index (κ1) is 44.1. The van der Waals surface area contributed by atoms with E-state index in [0.29, 0.717) is 89.9 Å². The minimum Gasteiger partial charge on any atom is -0.387 e. The molecule has 4 aliphatic rings. The first-order valence-corrected chi connectivity index (χ1v) is 23.1. The Labute approximate surface area is 380 Å². The highest BCUT2D eigenvalue weighted by molar-refractivity contribution is 5.85. The number of aliphatic hydroxyl groups is 2. The third-order valence-electron chi connectivity index (χ3n) is 13.2. The van der Waals surface area contributed by atoms with E-state index in [1.54, 1.807) is 22.0 Å². The zero-order valence-corrected chi connectivity index (χ0v) is 38.3. The van der Waals surface area contributed by atoms with Crippen LogP contribution < -0.4 is 20.4 Å². The molecule has 10 rings (SSSR count). The number of unbranched alkanes of at least 4 members (excludes halogenated alkanes) is 1. The maximum Gasteiger partial charge on any atom is 0.229 e. The maximum atomic E-state index is 11.3. The number of nitrogens with one attached hydrogen (secondary N) is 2. The lowest BCUT2D eigenvalue weighted by molar-refractivity contribution is -0.0384. The normalized spacial score (nSPS) is 25.8. The van der Waals surface area contributed by atoms with Crippen molar-refractivity contribution in [1.82, 2.24) is 89.3 Å². The van der Waals surface area contributed by atoms with E-state index in [0.717, 1.165) is 64.7 Å². The number of tetrazole rings is 2. The number of hydrogen-bond acceptors (Lipinski definition) is 22. The first-order valence-electron chi connectivity index (χ1n) is 23.1. The Morgan fingerprint density at radius 1 is 0.667 bits per heavy atom. The molecule has 0 unspecified atom stereocenters. The molecule has 0 saturated carbocycles. The van der Waals surface area contributed by atoms with E-state index in [1.807, 2.05) is 18.4 Å². The van der Waals surface area contributed by atoms with Crippen LogP contribution in [0.15, 0.2) is 12.7 Å². The standard InChI is InChI=1S/C40H60N22O4/c1-7-61-51-32(49-53-61)25-11-12-26(65-25)59-21-43-27-33(45-39(47-36(27)59)57-17-13-23(19-57)55(3)4)41-15-9-10-16-42-34-28-37(48-40(46-34)58-18-14-24(20-58)56(5)6)60(22-44-28)38-30(64)29(63)31(66-38)35-50-54-62(8-2)52-35/h21-26,29-31,38,63-64H,7-20H2,1-6H3,(H,41,45,47)(H,42,46,48)/t23-,24-,25+,26-,29+,30-,31+,38-/m1/s1. The molecule has 354 valence electrons. The fourth-order valence-corrected chi connectivity index (χ4v) is 9.23. The maximum absolute atomic E-state index is 11.3. The van der Waals surface area contributed by atoms with Crippen LogP contribution in [-0.2, 0) is 22.6 Å². The molecule has 4 fully saturated rings. The van der Waals surface area contributed by atoms with Crippen molar-refractivity contribution in [3.05, 3.63) is 24.3 Å². The number of hydrogen-bond donors (Lipinski definition) is 4. The van der Waals surface area contributed by atoms with Gasteiger partial charge in [0.2, 0.25) is 23.5 Å². The molecular weight excluding hydrogens is 853 g/mol. The summed E-state index contributed by atoms with van der Waals surface area (Å²) in [5.74, 6) is 3.25. The molecule has 26 nitrogen and oxygen atoms in total. The Morgan fingerprint density at radius 2 is 1.21 bits per heavy atom. The Kier molecular flexibility index (Phi) is 12.3. The fourth-order valence-electron chi connectivity index (χ4n) is 9.23. The Bertz CT molecular complexity index is 2610. The highest BCUT2D eigenvalue weighted by Gasteiger charge is 2.47. The summed E-state index contributed by atoms with van der Waals surface area (Å²) < 4.78 is 16.4. The Morgan fingerprint density at radius 3 is 1.76 bits per heavy atom. The predicted octanol–water partition coefficient (Wildman–Crippen LogP) is 0.606. The van der Waals surface area contributed by atoms with Gasteiger partial charge in [-0.3, -0.25) is 9.13 Å².